The van der Waals surface area contributed by atoms with Crippen LogP contribution in [-0.2, 0) is 5.41 Å². The van der Waals surface area contributed by atoms with E-state index in [-0.39, 0.29) is 5.41 Å². The number of aryl methyl sites for hydroxylation is 1. The lowest BCUT2D eigenvalue weighted by Gasteiger charge is -2.19. The molecule has 1 aromatic rings. The molecular weight excluding hydrogens is 248 g/mol. The highest BCUT2D eigenvalue weighted by Crippen LogP contribution is 2.31. The number of aromatic nitrogens is 2. The van der Waals surface area contributed by atoms with Gasteiger partial charge in [-0.15, -0.1) is 0 Å². The van der Waals surface area contributed by atoms with Gasteiger partial charge < -0.3 is 5.11 Å². The molecule has 5 heteroatoms. The molecule has 0 atom stereocenters. The van der Waals surface area contributed by atoms with Gasteiger partial charge in [0.2, 0.25) is 0 Å². The maximum Gasteiger partial charge on any atom is 0.432 e. The van der Waals surface area contributed by atoms with Crippen LogP contribution in [0.5, 0.6) is 0 Å². The van der Waals surface area contributed by atoms with E-state index in [0.29, 0.717) is 11.4 Å². The minimum atomic E-state index is -1.05. The lowest BCUT2D eigenvalue weighted by Crippen LogP contribution is -2.23. The summed E-state index contributed by atoms with van der Waals surface area (Å²) in [6.45, 7) is 7.63. The monoisotopic (exact) mass is 260 g/mol. The zero-order valence-corrected chi connectivity index (χ0v) is 10.2. The van der Waals surface area contributed by atoms with Crippen LogP contribution in [-0.4, -0.2) is 21.0 Å². The van der Waals surface area contributed by atoms with Crippen molar-refractivity contribution in [2.45, 2.75) is 33.1 Å². The van der Waals surface area contributed by atoms with Gasteiger partial charge in [-0.05, 0) is 22.9 Å². The molecule has 0 aliphatic rings. The van der Waals surface area contributed by atoms with E-state index in [4.69, 9.17) is 5.11 Å². The number of hydrogen-bond acceptors (Lipinski definition) is 2. The summed E-state index contributed by atoms with van der Waals surface area (Å²) < 4.78 is 1.80. The number of rotatable bonds is 0. The molecule has 14 heavy (non-hydrogen) atoms. The van der Waals surface area contributed by atoms with Gasteiger partial charge in [0.05, 0.1) is 15.9 Å². The third-order valence-corrected chi connectivity index (χ3v) is 2.83. The van der Waals surface area contributed by atoms with E-state index < -0.39 is 6.09 Å². The number of hydrogen-bond donors (Lipinski definition) is 1. The Morgan fingerprint density at radius 2 is 2.00 bits per heavy atom. The molecule has 0 saturated heterocycles. The Kier molecular flexibility index (Phi) is 2.71. The van der Waals surface area contributed by atoms with Crippen molar-refractivity contribution in [1.29, 1.82) is 0 Å². The number of nitrogens with zero attached hydrogens (tertiary/aromatic N) is 2. The lowest BCUT2D eigenvalue weighted by atomic mass is 9.92. The largest absolute Gasteiger partial charge is 0.463 e. The quantitative estimate of drug-likeness (QED) is 0.781. The molecule has 1 N–H and O–H groups in total. The van der Waals surface area contributed by atoms with Crippen molar-refractivity contribution in [2.24, 2.45) is 0 Å². The molecule has 0 aliphatic heterocycles. The Bertz CT molecular complexity index is 377. The number of carbonyl (C=O) groups is 1. The molecule has 0 fully saturated rings. The molecule has 0 radical (unpaired) electrons. The standard InChI is InChI=1S/C9H13BrN2O2/c1-5-6(10)7(9(2,3)4)12(11-5)8(13)14/h1-4H3,(H,13,14). The second-order valence-corrected chi connectivity index (χ2v) is 4.99. The van der Waals surface area contributed by atoms with Crippen LogP contribution in [0, 0.1) is 6.92 Å². The van der Waals surface area contributed by atoms with Crippen LogP contribution < -0.4 is 0 Å². The average molecular weight is 261 g/mol. The second-order valence-electron chi connectivity index (χ2n) is 4.19. The summed E-state index contributed by atoms with van der Waals surface area (Å²) in [7, 11) is 0. The fourth-order valence-corrected chi connectivity index (χ4v) is 2.14. The van der Waals surface area contributed by atoms with Gasteiger partial charge in [0, 0.05) is 5.41 Å². The van der Waals surface area contributed by atoms with E-state index in [9.17, 15) is 4.79 Å². The molecule has 0 spiro atoms. The molecule has 0 aliphatic carbocycles. The highest BCUT2D eigenvalue weighted by atomic mass is 79.9. The lowest BCUT2D eigenvalue weighted by molar-refractivity contribution is 0.190. The highest BCUT2D eigenvalue weighted by Gasteiger charge is 2.27. The predicted octanol–water partition coefficient (Wildman–Crippen LogP) is 2.78. The molecule has 78 valence electrons. The highest BCUT2D eigenvalue weighted by molar-refractivity contribution is 9.10. The van der Waals surface area contributed by atoms with Gasteiger partial charge in [-0.3, -0.25) is 0 Å². The van der Waals surface area contributed by atoms with Gasteiger partial charge in [0.25, 0.3) is 0 Å². The van der Waals surface area contributed by atoms with Crippen molar-refractivity contribution < 1.29 is 9.90 Å². The Hall–Kier alpha value is -0.840. The SMILES string of the molecule is Cc1nn(C(=O)O)c(C(C)(C)C)c1Br. The van der Waals surface area contributed by atoms with Crippen molar-refractivity contribution in [3.63, 3.8) is 0 Å². The molecule has 0 amide bonds. The fourth-order valence-electron chi connectivity index (χ4n) is 1.29. The van der Waals surface area contributed by atoms with Crippen LogP contribution in [0.15, 0.2) is 4.47 Å². The van der Waals surface area contributed by atoms with Gasteiger partial charge >= 0.3 is 6.09 Å². The summed E-state index contributed by atoms with van der Waals surface area (Å²) in [5.74, 6) is 0. The van der Waals surface area contributed by atoms with E-state index in [0.717, 1.165) is 9.15 Å². The summed E-state index contributed by atoms with van der Waals surface area (Å²) in [4.78, 5) is 10.9. The van der Waals surface area contributed by atoms with Gasteiger partial charge in [0.1, 0.15) is 0 Å². The van der Waals surface area contributed by atoms with Crippen LogP contribution in [0.4, 0.5) is 4.79 Å². The van der Waals surface area contributed by atoms with Gasteiger partial charge in [-0.1, -0.05) is 20.8 Å². The van der Waals surface area contributed by atoms with Crippen molar-refractivity contribution in [3.05, 3.63) is 15.9 Å². The topological polar surface area (TPSA) is 55.1 Å². The molecule has 0 saturated carbocycles. The van der Waals surface area contributed by atoms with Gasteiger partial charge in [-0.2, -0.15) is 9.78 Å². The maximum atomic E-state index is 10.9. The van der Waals surface area contributed by atoms with E-state index in [1.165, 1.54) is 0 Å². The number of carboxylic acid groups (broad SMARTS) is 1. The summed E-state index contributed by atoms with van der Waals surface area (Å²) in [5, 5.41) is 12.9. The first kappa shape index (κ1) is 11.2. The normalized spacial score (nSPS) is 11.8. The molecule has 4 nitrogen and oxygen atoms in total. The Morgan fingerprint density at radius 1 is 1.50 bits per heavy atom. The Balaban J connectivity index is 3.46. The fraction of sp³-hybridized carbons (Fsp3) is 0.556. The average Bonchev–Trinajstić information content (AvgIpc) is 2.27. The molecule has 1 heterocycles. The summed E-state index contributed by atoms with van der Waals surface area (Å²) in [5.41, 5.74) is 1.12. The zero-order chi connectivity index (χ0) is 11.1. The van der Waals surface area contributed by atoms with Crippen molar-refractivity contribution in [2.75, 3.05) is 0 Å². The molecule has 0 bridgehead atoms. The van der Waals surface area contributed by atoms with E-state index in [1.54, 1.807) is 6.92 Å². The first-order valence-corrected chi connectivity index (χ1v) is 5.03. The number of halogens is 1. The van der Waals surface area contributed by atoms with E-state index in [1.807, 2.05) is 20.8 Å². The molecule has 0 unspecified atom stereocenters. The van der Waals surface area contributed by atoms with Crippen LogP contribution >= 0.6 is 15.9 Å². The van der Waals surface area contributed by atoms with E-state index >= 15 is 0 Å². The third-order valence-electron chi connectivity index (χ3n) is 1.88. The predicted molar refractivity (Wildman–Crippen MR) is 56.8 cm³/mol. The van der Waals surface area contributed by atoms with Crippen LogP contribution in [0.3, 0.4) is 0 Å². The first-order chi connectivity index (χ1) is 6.25. The smallest absolute Gasteiger partial charge is 0.432 e. The minimum Gasteiger partial charge on any atom is -0.463 e. The molecule has 1 aromatic heterocycles. The van der Waals surface area contributed by atoms with Gasteiger partial charge in [-0.25, -0.2) is 4.79 Å². The van der Waals surface area contributed by atoms with Gasteiger partial charge in [0.15, 0.2) is 0 Å². The maximum absolute atomic E-state index is 10.9. The summed E-state index contributed by atoms with van der Waals surface area (Å²) >= 11 is 3.36. The van der Waals surface area contributed by atoms with Crippen LogP contribution in [0.1, 0.15) is 32.2 Å². The van der Waals surface area contributed by atoms with Crippen molar-refractivity contribution in [1.82, 2.24) is 9.78 Å². The van der Waals surface area contributed by atoms with Crippen LogP contribution in [0.2, 0.25) is 0 Å². The zero-order valence-electron chi connectivity index (χ0n) is 8.63. The van der Waals surface area contributed by atoms with E-state index in [2.05, 4.69) is 21.0 Å². The van der Waals surface area contributed by atoms with Crippen LogP contribution in [0.25, 0.3) is 0 Å². The third kappa shape index (κ3) is 1.82. The summed E-state index contributed by atoms with van der Waals surface area (Å²) in [6, 6.07) is 0. The molecular formula is C9H13BrN2O2. The first-order valence-electron chi connectivity index (χ1n) is 4.24. The molecule has 1 rings (SSSR count). The Labute approximate surface area is 91.1 Å². The second kappa shape index (κ2) is 3.38. The van der Waals surface area contributed by atoms with Crippen molar-refractivity contribution >= 4 is 22.0 Å². The minimum absolute atomic E-state index is 0.252. The molecule has 0 aromatic carbocycles. The summed E-state index contributed by atoms with van der Waals surface area (Å²) in [6.07, 6.45) is -1.05. The Morgan fingerprint density at radius 3 is 2.29 bits per heavy atom. The van der Waals surface area contributed by atoms with Crippen molar-refractivity contribution in [3.8, 4) is 0 Å².